The molecule has 8 heteroatoms. The Balaban J connectivity index is 0.00000243. The van der Waals surface area contributed by atoms with Gasteiger partial charge >= 0.3 is 6.01 Å². The Morgan fingerprint density at radius 1 is 1.46 bits per heavy atom. The summed E-state index contributed by atoms with van der Waals surface area (Å²) in [4.78, 5) is 2.42. The Bertz CT molecular complexity index is 784. The number of nitriles is 1. The van der Waals surface area contributed by atoms with E-state index in [9.17, 15) is 0 Å². The first kappa shape index (κ1) is 20.2. The third-order valence-electron chi connectivity index (χ3n) is 4.27. The van der Waals surface area contributed by atoms with E-state index in [0.29, 0.717) is 17.0 Å². The van der Waals surface area contributed by atoms with Crippen LogP contribution in [0, 0.1) is 18.3 Å². The first-order chi connectivity index (χ1) is 12.0. The van der Waals surface area contributed by atoms with Crippen molar-refractivity contribution in [1.82, 2.24) is 20.4 Å². The van der Waals surface area contributed by atoms with Crippen molar-refractivity contribution in [3.8, 4) is 6.07 Å². The van der Waals surface area contributed by atoms with Crippen LogP contribution < -0.4 is 10.6 Å². The third-order valence-corrected chi connectivity index (χ3v) is 4.48. The van der Waals surface area contributed by atoms with Crippen molar-refractivity contribution in [3.05, 3.63) is 34.2 Å². The van der Waals surface area contributed by atoms with Gasteiger partial charge in [-0.25, -0.2) is 0 Å². The largest absolute Gasteiger partial charge is 0.407 e. The first-order valence-corrected chi connectivity index (χ1v) is 8.64. The zero-order valence-corrected chi connectivity index (χ0v) is 15.1. The summed E-state index contributed by atoms with van der Waals surface area (Å²) in [5, 5.41) is 23.6. The number of rotatable bonds is 5. The fourth-order valence-electron chi connectivity index (χ4n) is 2.98. The van der Waals surface area contributed by atoms with Gasteiger partial charge in [-0.05, 0) is 37.1 Å². The lowest BCUT2D eigenvalue weighted by atomic mass is 10.1. The Labute approximate surface area is 159 Å². The van der Waals surface area contributed by atoms with E-state index in [4.69, 9.17) is 21.3 Å². The molecule has 1 aliphatic rings. The normalized spacial score (nSPS) is 17.4. The highest BCUT2D eigenvalue weighted by Crippen LogP contribution is 2.28. The standard InChI is InChI=1S/C17H21ClN6O.CH4/c1-11-9-24(6-5-20-11)10-13-7-14(18)8-15(12(13)2)21-17-23-22-16(25-17)3-4-19;/h7-8,11,20H,3,5-6,9-10H2,1-2H3,(H,21,23);1H4/t11-;/m0./s1. The molecular formula is C18H25ClN6O. The number of anilines is 2. The SMILES string of the molecule is C.Cc1c(CN2CCN[C@@H](C)C2)cc(Cl)cc1Nc1nnc(CC#N)o1. The average molecular weight is 377 g/mol. The molecule has 2 heterocycles. The molecule has 140 valence electrons. The van der Waals surface area contributed by atoms with Crippen molar-refractivity contribution in [2.24, 2.45) is 0 Å². The van der Waals surface area contributed by atoms with Crippen LogP contribution in [0.2, 0.25) is 5.02 Å². The van der Waals surface area contributed by atoms with Crippen molar-refractivity contribution in [2.45, 2.75) is 40.3 Å². The smallest absolute Gasteiger partial charge is 0.320 e. The summed E-state index contributed by atoms with van der Waals surface area (Å²) >= 11 is 6.31. The van der Waals surface area contributed by atoms with E-state index < -0.39 is 0 Å². The van der Waals surface area contributed by atoms with Crippen molar-refractivity contribution in [1.29, 1.82) is 5.26 Å². The van der Waals surface area contributed by atoms with Gasteiger partial charge in [-0.15, -0.1) is 5.10 Å². The Kier molecular flexibility index (Phi) is 6.98. The van der Waals surface area contributed by atoms with E-state index >= 15 is 0 Å². The zero-order valence-electron chi connectivity index (χ0n) is 14.3. The molecule has 2 aromatic rings. The maximum absolute atomic E-state index is 8.69. The summed E-state index contributed by atoms with van der Waals surface area (Å²) < 4.78 is 5.41. The average Bonchev–Trinajstić information content (AvgIpc) is 2.99. The van der Waals surface area contributed by atoms with Crippen LogP contribution in [0.3, 0.4) is 0 Å². The number of hydrogen-bond acceptors (Lipinski definition) is 7. The van der Waals surface area contributed by atoms with Crippen LogP contribution in [0.1, 0.15) is 31.4 Å². The molecule has 0 bridgehead atoms. The van der Waals surface area contributed by atoms with Gasteiger partial charge in [0.15, 0.2) is 0 Å². The minimum atomic E-state index is 0. The second-order valence-electron chi connectivity index (χ2n) is 6.29. The van der Waals surface area contributed by atoms with E-state index in [2.05, 4.69) is 32.7 Å². The lowest BCUT2D eigenvalue weighted by molar-refractivity contribution is 0.199. The summed E-state index contributed by atoms with van der Waals surface area (Å²) in [7, 11) is 0. The van der Waals surface area contributed by atoms with Crippen LogP contribution in [0.25, 0.3) is 0 Å². The molecule has 1 aliphatic heterocycles. The summed E-state index contributed by atoms with van der Waals surface area (Å²) in [6.07, 6.45) is 0.0929. The van der Waals surface area contributed by atoms with E-state index in [0.717, 1.165) is 37.4 Å². The fourth-order valence-corrected chi connectivity index (χ4v) is 3.23. The lowest BCUT2D eigenvalue weighted by Gasteiger charge is -2.32. The summed E-state index contributed by atoms with van der Waals surface area (Å²) in [5.74, 6) is 0.291. The van der Waals surface area contributed by atoms with E-state index in [1.807, 2.05) is 25.1 Å². The number of halogens is 1. The van der Waals surface area contributed by atoms with Gasteiger partial charge in [0, 0.05) is 42.9 Å². The number of piperazine rings is 1. The van der Waals surface area contributed by atoms with E-state index in [-0.39, 0.29) is 19.9 Å². The molecule has 0 saturated carbocycles. The molecule has 3 rings (SSSR count). The fraction of sp³-hybridized carbons (Fsp3) is 0.500. The second kappa shape index (κ2) is 8.99. The van der Waals surface area contributed by atoms with Gasteiger partial charge in [0.1, 0.15) is 6.42 Å². The minimum Gasteiger partial charge on any atom is -0.407 e. The van der Waals surface area contributed by atoms with Gasteiger partial charge in [-0.2, -0.15) is 5.26 Å². The van der Waals surface area contributed by atoms with Crippen LogP contribution in [-0.4, -0.2) is 40.8 Å². The second-order valence-corrected chi connectivity index (χ2v) is 6.73. The summed E-state index contributed by atoms with van der Waals surface area (Å²) in [6.45, 7) is 8.10. The van der Waals surface area contributed by atoms with Gasteiger partial charge in [0.05, 0.1) is 6.07 Å². The van der Waals surface area contributed by atoms with Crippen LogP contribution in [0.4, 0.5) is 11.7 Å². The predicted octanol–water partition coefficient (Wildman–Crippen LogP) is 3.27. The Hall–Kier alpha value is -2.14. The molecule has 2 N–H and O–H groups in total. The van der Waals surface area contributed by atoms with Gasteiger partial charge in [0.2, 0.25) is 5.89 Å². The van der Waals surface area contributed by atoms with Crippen molar-refractivity contribution >= 4 is 23.3 Å². The molecule has 0 unspecified atom stereocenters. The molecule has 7 nitrogen and oxygen atoms in total. The lowest BCUT2D eigenvalue weighted by Crippen LogP contribution is -2.48. The highest BCUT2D eigenvalue weighted by atomic mass is 35.5. The molecule has 1 aromatic carbocycles. The van der Waals surface area contributed by atoms with Crippen molar-refractivity contribution < 1.29 is 4.42 Å². The number of nitrogens with one attached hydrogen (secondary N) is 2. The molecule has 1 fully saturated rings. The van der Waals surface area contributed by atoms with Gasteiger partial charge in [0.25, 0.3) is 0 Å². The molecule has 26 heavy (non-hydrogen) atoms. The maximum Gasteiger partial charge on any atom is 0.320 e. The molecular weight excluding hydrogens is 352 g/mol. The highest BCUT2D eigenvalue weighted by Gasteiger charge is 2.18. The molecule has 0 radical (unpaired) electrons. The van der Waals surface area contributed by atoms with Gasteiger partial charge in [-0.1, -0.05) is 24.1 Å². The van der Waals surface area contributed by atoms with E-state index in [1.165, 1.54) is 5.56 Å². The summed E-state index contributed by atoms with van der Waals surface area (Å²) in [5.41, 5.74) is 3.09. The number of nitrogens with zero attached hydrogens (tertiary/aromatic N) is 4. The molecule has 1 aromatic heterocycles. The molecule has 0 aliphatic carbocycles. The first-order valence-electron chi connectivity index (χ1n) is 8.26. The molecule has 1 atom stereocenters. The maximum atomic E-state index is 8.69. The topological polar surface area (TPSA) is 90.0 Å². The monoisotopic (exact) mass is 376 g/mol. The molecule has 1 saturated heterocycles. The Morgan fingerprint density at radius 3 is 3.00 bits per heavy atom. The number of hydrogen-bond donors (Lipinski definition) is 2. The molecule has 0 spiro atoms. The Morgan fingerprint density at radius 2 is 2.27 bits per heavy atom. The third kappa shape index (κ3) is 4.94. The van der Waals surface area contributed by atoms with Crippen LogP contribution in [0.5, 0.6) is 0 Å². The molecule has 0 amide bonds. The quantitative estimate of drug-likeness (QED) is 0.827. The van der Waals surface area contributed by atoms with Crippen molar-refractivity contribution in [3.63, 3.8) is 0 Å². The zero-order chi connectivity index (χ0) is 17.8. The minimum absolute atomic E-state index is 0. The number of benzene rings is 1. The van der Waals surface area contributed by atoms with Crippen LogP contribution in [-0.2, 0) is 13.0 Å². The van der Waals surface area contributed by atoms with E-state index in [1.54, 1.807) is 0 Å². The van der Waals surface area contributed by atoms with Crippen LogP contribution in [0.15, 0.2) is 16.5 Å². The van der Waals surface area contributed by atoms with Gasteiger partial charge < -0.3 is 15.1 Å². The number of aromatic nitrogens is 2. The summed E-state index contributed by atoms with van der Waals surface area (Å²) in [6, 6.07) is 6.58. The van der Waals surface area contributed by atoms with Crippen molar-refractivity contribution in [2.75, 3.05) is 25.0 Å². The highest BCUT2D eigenvalue weighted by molar-refractivity contribution is 6.31. The van der Waals surface area contributed by atoms with Crippen LogP contribution >= 0.6 is 11.6 Å². The van der Waals surface area contributed by atoms with Gasteiger partial charge in [-0.3, -0.25) is 4.90 Å². The predicted molar refractivity (Wildman–Crippen MR) is 103 cm³/mol.